The Morgan fingerprint density at radius 3 is 3.00 bits per heavy atom. The minimum Gasteiger partial charge on any atom is -0.381 e. The molecule has 2 aliphatic heterocycles. The predicted molar refractivity (Wildman–Crippen MR) is 71.6 cm³/mol. The van der Waals surface area contributed by atoms with Crippen LogP contribution in [0.5, 0.6) is 0 Å². The molecule has 7 nitrogen and oxygen atoms in total. The van der Waals surface area contributed by atoms with Gasteiger partial charge in [0.15, 0.2) is 5.65 Å². The second-order valence-electron chi connectivity index (χ2n) is 5.64. The maximum Gasteiger partial charge on any atom is 0.254 e. The summed E-state index contributed by atoms with van der Waals surface area (Å²) in [6.07, 6.45) is 4.38. The second kappa shape index (κ2) is 3.92. The maximum atomic E-state index is 11.3. The highest BCUT2D eigenvalue weighted by Crippen LogP contribution is 2.40. The summed E-state index contributed by atoms with van der Waals surface area (Å²) in [5.74, 6) is 0.354. The number of nitrogens with two attached hydrogens (primary N) is 1. The lowest BCUT2D eigenvalue weighted by atomic mass is 9.79. The lowest BCUT2D eigenvalue weighted by Crippen LogP contribution is -2.57. The van der Waals surface area contributed by atoms with E-state index in [0.717, 1.165) is 38.5 Å². The Labute approximate surface area is 115 Å². The van der Waals surface area contributed by atoms with Crippen LogP contribution >= 0.6 is 0 Å². The van der Waals surface area contributed by atoms with Gasteiger partial charge in [-0.25, -0.2) is 9.50 Å². The monoisotopic (exact) mass is 273 g/mol. The molecule has 7 heteroatoms. The lowest BCUT2D eigenvalue weighted by molar-refractivity contribution is 0.100. The van der Waals surface area contributed by atoms with Gasteiger partial charge in [-0.1, -0.05) is 0 Å². The highest BCUT2D eigenvalue weighted by molar-refractivity contribution is 5.98. The lowest BCUT2D eigenvalue weighted by Gasteiger charge is -2.47. The topological polar surface area (TPSA) is 85.8 Å². The van der Waals surface area contributed by atoms with E-state index in [1.807, 2.05) is 6.07 Å². The predicted octanol–water partition coefficient (Wildman–Crippen LogP) is 0.0549. The SMILES string of the molecule is NC(=O)c1cnn2ccc(N3CC4(CCOC4)C3)nc12. The van der Waals surface area contributed by atoms with Gasteiger partial charge in [-0.3, -0.25) is 4.79 Å². The molecule has 104 valence electrons. The van der Waals surface area contributed by atoms with E-state index >= 15 is 0 Å². The van der Waals surface area contributed by atoms with E-state index in [-0.39, 0.29) is 0 Å². The Morgan fingerprint density at radius 2 is 2.30 bits per heavy atom. The average Bonchev–Trinajstić information content (AvgIpc) is 3.03. The number of carbonyl (C=O) groups is 1. The molecule has 0 bridgehead atoms. The van der Waals surface area contributed by atoms with E-state index in [1.165, 1.54) is 6.20 Å². The van der Waals surface area contributed by atoms with Crippen LogP contribution in [0, 0.1) is 5.41 Å². The van der Waals surface area contributed by atoms with Gasteiger partial charge in [-0.05, 0) is 12.5 Å². The number of carbonyl (C=O) groups excluding carboxylic acids is 1. The largest absolute Gasteiger partial charge is 0.381 e. The fourth-order valence-electron chi connectivity index (χ4n) is 3.03. The zero-order valence-electron chi connectivity index (χ0n) is 11.0. The van der Waals surface area contributed by atoms with Gasteiger partial charge in [0.1, 0.15) is 11.4 Å². The van der Waals surface area contributed by atoms with Crippen LogP contribution in [0.1, 0.15) is 16.8 Å². The van der Waals surface area contributed by atoms with Crippen molar-refractivity contribution < 1.29 is 9.53 Å². The van der Waals surface area contributed by atoms with Crippen molar-refractivity contribution in [2.24, 2.45) is 11.1 Å². The molecule has 0 unspecified atom stereocenters. The summed E-state index contributed by atoms with van der Waals surface area (Å²) in [5, 5.41) is 4.07. The van der Waals surface area contributed by atoms with Gasteiger partial charge in [-0.15, -0.1) is 0 Å². The molecular weight excluding hydrogens is 258 g/mol. The molecule has 1 amide bonds. The number of primary amides is 1. The van der Waals surface area contributed by atoms with Crippen molar-refractivity contribution in [1.82, 2.24) is 14.6 Å². The molecule has 2 aromatic rings. The van der Waals surface area contributed by atoms with E-state index in [4.69, 9.17) is 10.5 Å². The van der Waals surface area contributed by atoms with Gasteiger partial charge in [0.05, 0.1) is 12.8 Å². The Morgan fingerprint density at radius 1 is 1.45 bits per heavy atom. The first-order chi connectivity index (χ1) is 9.67. The number of anilines is 1. The Hall–Kier alpha value is -2.15. The first-order valence-electron chi connectivity index (χ1n) is 6.64. The Kier molecular flexibility index (Phi) is 2.29. The van der Waals surface area contributed by atoms with Gasteiger partial charge in [-0.2, -0.15) is 5.10 Å². The zero-order chi connectivity index (χ0) is 13.7. The normalized spacial score (nSPS) is 20.5. The van der Waals surface area contributed by atoms with Crippen molar-refractivity contribution in [2.75, 3.05) is 31.2 Å². The van der Waals surface area contributed by atoms with Crippen LogP contribution in [-0.2, 0) is 4.74 Å². The van der Waals surface area contributed by atoms with Crippen LogP contribution in [-0.4, -0.2) is 46.8 Å². The molecule has 0 aliphatic carbocycles. The van der Waals surface area contributed by atoms with Crippen LogP contribution < -0.4 is 10.6 Å². The summed E-state index contributed by atoms with van der Waals surface area (Å²) in [6.45, 7) is 3.60. The minimum absolute atomic E-state index is 0.306. The first-order valence-corrected chi connectivity index (χ1v) is 6.64. The molecule has 0 radical (unpaired) electrons. The molecule has 20 heavy (non-hydrogen) atoms. The van der Waals surface area contributed by atoms with E-state index in [9.17, 15) is 4.79 Å². The number of nitrogens with zero attached hydrogens (tertiary/aromatic N) is 4. The quantitative estimate of drug-likeness (QED) is 0.836. The number of amides is 1. The minimum atomic E-state index is -0.506. The van der Waals surface area contributed by atoms with Gasteiger partial charge in [0.25, 0.3) is 5.91 Å². The molecule has 2 saturated heterocycles. The van der Waals surface area contributed by atoms with Gasteiger partial charge >= 0.3 is 0 Å². The molecule has 2 aliphatic rings. The summed E-state index contributed by atoms with van der Waals surface area (Å²) in [6, 6.07) is 1.91. The van der Waals surface area contributed by atoms with E-state index in [0.29, 0.717) is 16.6 Å². The Bertz CT molecular complexity index is 681. The van der Waals surface area contributed by atoms with E-state index in [1.54, 1.807) is 10.7 Å². The maximum absolute atomic E-state index is 11.3. The molecule has 0 saturated carbocycles. The van der Waals surface area contributed by atoms with Crippen molar-refractivity contribution in [1.29, 1.82) is 0 Å². The third kappa shape index (κ3) is 1.59. The number of ether oxygens (including phenoxy) is 1. The molecule has 2 fully saturated rings. The fourth-order valence-corrected chi connectivity index (χ4v) is 3.03. The summed E-state index contributed by atoms with van der Waals surface area (Å²) in [5.41, 5.74) is 6.50. The number of hydrogen-bond donors (Lipinski definition) is 1. The first kappa shape index (κ1) is 11.7. The van der Waals surface area contributed by atoms with Gasteiger partial charge < -0.3 is 15.4 Å². The summed E-state index contributed by atoms with van der Waals surface area (Å²) < 4.78 is 7.04. The van der Waals surface area contributed by atoms with Gasteiger partial charge in [0.2, 0.25) is 0 Å². The summed E-state index contributed by atoms with van der Waals surface area (Å²) in [7, 11) is 0. The zero-order valence-corrected chi connectivity index (χ0v) is 11.0. The number of aromatic nitrogens is 3. The molecule has 2 aromatic heterocycles. The van der Waals surface area contributed by atoms with Crippen molar-refractivity contribution in [3.8, 4) is 0 Å². The molecule has 4 rings (SSSR count). The van der Waals surface area contributed by atoms with Crippen LogP contribution in [0.25, 0.3) is 5.65 Å². The number of hydrogen-bond acceptors (Lipinski definition) is 5. The second-order valence-corrected chi connectivity index (χ2v) is 5.64. The highest BCUT2D eigenvalue weighted by atomic mass is 16.5. The highest BCUT2D eigenvalue weighted by Gasteiger charge is 2.46. The molecule has 0 aromatic carbocycles. The van der Waals surface area contributed by atoms with Crippen molar-refractivity contribution in [3.05, 3.63) is 24.0 Å². The summed E-state index contributed by atoms with van der Waals surface area (Å²) >= 11 is 0. The molecular formula is C13H15N5O2. The molecule has 4 heterocycles. The fraction of sp³-hybridized carbons (Fsp3) is 0.462. The molecule has 1 spiro atoms. The average molecular weight is 273 g/mol. The van der Waals surface area contributed by atoms with Crippen LogP contribution in [0.2, 0.25) is 0 Å². The number of fused-ring (bicyclic) bond motifs is 1. The van der Waals surface area contributed by atoms with Crippen LogP contribution in [0.4, 0.5) is 5.82 Å². The molecule has 2 N–H and O–H groups in total. The summed E-state index contributed by atoms with van der Waals surface area (Å²) in [4.78, 5) is 18.1. The number of rotatable bonds is 2. The Balaban J connectivity index is 1.64. The standard InChI is InChI=1S/C13H15N5O2/c14-11(19)9-5-15-18-3-1-10(16-12(9)18)17-6-13(7-17)2-4-20-8-13/h1,3,5H,2,4,6-8H2,(H2,14,19). The third-order valence-electron chi connectivity index (χ3n) is 4.18. The van der Waals surface area contributed by atoms with Crippen molar-refractivity contribution in [2.45, 2.75) is 6.42 Å². The third-order valence-corrected chi connectivity index (χ3v) is 4.18. The van der Waals surface area contributed by atoms with Crippen molar-refractivity contribution in [3.63, 3.8) is 0 Å². The molecule has 0 atom stereocenters. The van der Waals surface area contributed by atoms with Crippen LogP contribution in [0.3, 0.4) is 0 Å². The van der Waals surface area contributed by atoms with E-state index in [2.05, 4.69) is 15.0 Å². The van der Waals surface area contributed by atoms with Gasteiger partial charge in [0, 0.05) is 31.3 Å². The van der Waals surface area contributed by atoms with E-state index < -0.39 is 5.91 Å². The van der Waals surface area contributed by atoms with Crippen molar-refractivity contribution >= 4 is 17.4 Å². The smallest absolute Gasteiger partial charge is 0.254 e. The van der Waals surface area contributed by atoms with Crippen LogP contribution in [0.15, 0.2) is 18.5 Å².